The van der Waals surface area contributed by atoms with Gasteiger partial charge in [-0.15, -0.1) is 11.3 Å². The Morgan fingerprint density at radius 3 is 2.70 bits per heavy atom. The highest BCUT2D eigenvalue weighted by atomic mass is 32.1. The minimum atomic E-state index is -0.838. The molecule has 1 N–H and O–H groups in total. The van der Waals surface area contributed by atoms with E-state index in [1.165, 1.54) is 5.56 Å². The van der Waals surface area contributed by atoms with Gasteiger partial charge in [-0.2, -0.15) is 5.10 Å². The molecule has 6 bridgehead atoms. The number of rotatable bonds is 2. The molecule has 0 aliphatic carbocycles. The maximum absolute atomic E-state index is 12.2. The van der Waals surface area contributed by atoms with Crippen LogP contribution in [0.15, 0.2) is 60.7 Å². The van der Waals surface area contributed by atoms with Gasteiger partial charge in [0, 0.05) is 23.7 Å². The molecule has 0 spiro atoms. The van der Waals surface area contributed by atoms with Crippen molar-refractivity contribution < 1.29 is 19.4 Å². The lowest BCUT2D eigenvalue weighted by molar-refractivity contribution is -0.136. The molecule has 7 nitrogen and oxygen atoms in total. The summed E-state index contributed by atoms with van der Waals surface area (Å²) in [6.45, 7) is 5.40. The summed E-state index contributed by atoms with van der Waals surface area (Å²) in [4.78, 5) is 17.3. The van der Waals surface area contributed by atoms with E-state index in [9.17, 15) is 9.90 Å². The average Bonchev–Trinajstić information content (AvgIpc) is 3.61. The fraction of sp³-hybridized carbons (Fsp3) is 0.308. The molecule has 1 atom stereocenters. The van der Waals surface area contributed by atoms with Crippen molar-refractivity contribution in [2.75, 3.05) is 13.2 Å². The number of thiazole rings is 1. The molecule has 1 unspecified atom stereocenters. The molecule has 6 aromatic rings. The van der Waals surface area contributed by atoms with Gasteiger partial charge in [-0.25, -0.2) is 4.98 Å². The quantitative estimate of drug-likeness (QED) is 0.202. The first-order chi connectivity index (χ1) is 22.9. The maximum Gasteiger partial charge on any atom is 0.307 e. The molecule has 8 rings (SSSR count). The molecule has 4 heterocycles. The maximum atomic E-state index is 12.2. The molecule has 0 amide bonds. The molecule has 2 aromatic heterocycles. The summed E-state index contributed by atoms with van der Waals surface area (Å²) in [5.41, 5.74) is 11.0. The van der Waals surface area contributed by atoms with Crippen LogP contribution >= 0.6 is 11.3 Å². The lowest BCUT2D eigenvalue weighted by atomic mass is 9.85. The fourth-order valence-corrected chi connectivity index (χ4v) is 8.66. The molecule has 2 aliphatic heterocycles. The Morgan fingerprint density at radius 1 is 0.957 bits per heavy atom. The minimum Gasteiger partial charge on any atom is -0.493 e. The summed E-state index contributed by atoms with van der Waals surface area (Å²) in [5, 5.41) is 16.7. The summed E-state index contributed by atoms with van der Waals surface area (Å²) in [6.07, 6.45) is 5.14. The summed E-state index contributed by atoms with van der Waals surface area (Å²) in [6, 6.07) is 21.3. The molecule has 0 saturated carbocycles. The van der Waals surface area contributed by atoms with Crippen molar-refractivity contribution in [3.05, 3.63) is 83.0 Å². The standard InChI is InChI=1S/C39H37N3O4S/c1-22-18-31-38-36(29(22)21-34(43)44)26-11-14-33-30(20-26)24(15-17-45-33)8-5-4-6-16-46-37-28(12-13-32-35(37)23(2)41-42(32)3)25-9-7-10-27(19-25)39(40-31)47-38/h7,9-14,18-20,24H,4-6,8,15-17,21H2,1-3H3,(H,43,44). The van der Waals surface area contributed by atoms with Crippen LogP contribution in [0.3, 0.4) is 0 Å². The zero-order valence-electron chi connectivity index (χ0n) is 26.9. The highest BCUT2D eigenvalue weighted by molar-refractivity contribution is 7.22. The molecule has 0 saturated heterocycles. The number of benzene rings is 4. The number of hydrogen-bond donors (Lipinski definition) is 1. The van der Waals surface area contributed by atoms with Crippen LogP contribution in [-0.2, 0) is 18.3 Å². The first-order valence-electron chi connectivity index (χ1n) is 16.5. The van der Waals surface area contributed by atoms with Crippen LogP contribution in [0.2, 0.25) is 0 Å². The molecule has 0 fully saturated rings. The van der Waals surface area contributed by atoms with E-state index in [0.29, 0.717) is 19.1 Å². The van der Waals surface area contributed by atoms with Gasteiger partial charge in [0.25, 0.3) is 0 Å². The van der Waals surface area contributed by atoms with Crippen LogP contribution in [-0.4, -0.2) is 39.1 Å². The van der Waals surface area contributed by atoms with Crippen molar-refractivity contribution in [1.29, 1.82) is 0 Å². The van der Waals surface area contributed by atoms with Crippen molar-refractivity contribution in [3.63, 3.8) is 0 Å². The van der Waals surface area contributed by atoms with Crippen molar-refractivity contribution in [2.24, 2.45) is 7.05 Å². The van der Waals surface area contributed by atoms with Gasteiger partial charge in [-0.1, -0.05) is 37.1 Å². The second kappa shape index (κ2) is 11.8. The van der Waals surface area contributed by atoms with E-state index in [2.05, 4.69) is 54.6 Å². The molecular formula is C39H37N3O4S. The van der Waals surface area contributed by atoms with E-state index in [0.717, 1.165) is 114 Å². The SMILES string of the molecule is Cc1cc2nc3sc2c(c1CC(=O)O)-c1ccc2c(c1)C(CCCCCOc1c(ccc4c1c(C)nn4C)-c1cccc-3c1)CCO2. The Hall–Kier alpha value is -4.69. The second-order valence-corrected chi connectivity index (χ2v) is 13.9. The molecule has 2 aliphatic rings. The molecule has 4 aromatic carbocycles. The molecule has 0 radical (unpaired) electrons. The summed E-state index contributed by atoms with van der Waals surface area (Å²) >= 11 is 1.63. The van der Waals surface area contributed by atoms with Gasteiger partial charge >= 0.3 is 5.97 Å². The van der Waals surface area contributed by atoms with Crippen LogP contribution in [0.25, 0.3) is 53.9 Å². The zero-order valence-corrected chi connectivity index (χ0v) is 27.7. The van der Waals surface area contributed by atoms with Gasteiger partial charge in [0.15, 0.2) is 0 Å². The lowest BCUT2D eigenvalue weighted by Crippen LogP contribution is -2.14. The van der Waals surface area contributed by atoms with Crippen molar-refractivity contribution in [1.82, 2.24) is 14.8 Å². The minimum absolute atomic E-state index is 0.0458. The van der Waals surface area contributed by atoms with Gasteiger partial charge in [0.2, 0.25) is 0 Å². The number of aryl methyl sites for hydroxylation is 3. The third kappa shape index (κ3) is 5.25. The first kappa shape index (κ1) is 29.7. The average molecular weight is 644 g/mol. The van der Waals surface area contributed by atoms with Gasteiger partial charge < -0.3 is 14.6 Å². The monoisotopic (exact) mass is 643 g/mol. The fourth-order valence-electron chi connectivity index (χ4n) is 7.53. The topological polar surface area (TPSA) is 86.5 Å². The van der Waals surface area contributed by atoms with E-state index < -0.39 is 5.97 Å². The van der Waals surface area contributed by atoms with Crippen molar-refractivity contribution in [3.8, 4) is 44.3 Å². The van der Waals surface area contributed by atoms with Crippen LogP contribution < -0.4 is 9.47 Å². The molecule has 8 heteroatoms. The van der Waals surface area contributed by atoms with Crippen LogP contribution in [0.1, 0.15) is 60.4 Å². The Balaban J connectivity index is 1.35. The third-order valence-corrected chi connectivity index (χ3v) is 10.9. The van der Waals surface area contributed by atoms with Gasteiger partial charge in [0.05, 0.1) is 46.4 Å². The third-order valence-electron chi connectivity index (χ3n) is 9.81. The zero-order chi connectivity index (χ0) is 32.2. The van der Waals surface area contributed by atoms with E-state index in [1.807, 2.05) is 31.6 Å². The summed E-state index contributed by atoms with van der Waals surface area (Å²) < 4.78 is 15.7. The van der Waals surface area contributed by atoms with E-state index in [4.69, 9.17) is 19.6 Å². The first-order valence-corrected chi connectivity index (χ1v) is 17.3. The van der Waals surface area contributed by atoms with E-state index in [-0.39, 0.29) is 6.42 Å². The number of hydrogen-bond acceptors (Lipinski definition) is 6. The smallest absolute Gasteiger partial charge is 0.307 e. The second-order valence-electron chi connectivity index (χ2n) is 12.9. The predicted octanol–water partition coefficient (Wildman–Crippen LogP) is 9.25. The molecular weight excluding hydrogens is 607 g/mol. The van der Waals surface area contributed by atoms with E-state index in [1.54, 1.807) is 11.3 Å². The normalized spacial score (nSPS) is 16.2. The number of fused-ring (bicyclic) bond motifs is 10. The largest absolute Gasteiger partial charge is 0.493 e. The lowest BCUT2D eigenvalue weighted by Gasteiger charge is -2.27. The van der Waals surface area contributed by atoms with Crippen LogP contribution in [0, 0.1) is 13.8 Å². The number of nitrogens with zero attached hydrogens (tertiary/aromatic N) is 3. The molecule has 238 valence electrons. The summed E-state index contributed by atoms with van der Waals surface area (Å²) in [5.74, 6) is 1.38. The Bertz CT molecular complexity index is 2200. The number of carboxylic acid groups (broad SMARTS) is 1. The van der Waals surface area contributed by atoms with Gasteiger partial charge in [0.1, 0.15) is 16.5 Å². The van der Waals surface area contributed by atoms with Crippen molar-refractivity contribution in [2.45, 2.75) is 58.3 Å². The Morgan fingerprint density at radius 2 is 1.83 bits per heavy atom. The number of ether oxygens (including phenoxy) is 2. The number of carbonyl (C=O) groups is 1. The highest BCUT2D eigenvalue weighted by Gasteiger charge is 2.25. The predicted molar refractivity (Wildman–Crippen MR) is 188 cm³/mol. The Kier molecular flexibility index (Phi) is 7.48. The Labute approximate surface area is 277 Å². The van der Waals surface area contributed by atoms with Gasteiger partial charge in [-0.05, 0) is 103 Å². The molecule has 47 heavy (non-hydrogen) atoms. The van der Waals surface area contributed by atoms with Crippen molar-refractivity contribution >= 4 is 38.4 Å². The van der Waals surface area contributed by atoms with E-state index >= 15 is 0 Å². The number of aliphatic carboxylic acids is 1. The number of aromatic nitrogens is 3. The van der Waals surface area contributed by atoms with Crippen LogP contribution in [0.4, 0.5) is 0 Å². The summed E-state index contributed by atoms with van der Waals surface area (Å²) in [7, 11) is 1.98. The number of carboxylic acids is 1. The highest BCUT2D eigenvalue weighted by Crippen LogP contribution is 2.46. The van der Waals surface area contributed by atoms with Crippen LogP contribution in [0.5, 0.6) is 11.5 Å². The van der Waals surface area contributed by atoms with Gasteiger partial charge in [-0.3, -0.25) is 9.48 Å².